The van der Waals surface area contributed by atoms with E-state index >= 15 is 0 Å². The number of aromatic nitrogens is 3. The lowest BCUT2D eigenvalue weighted by atomic mass is 9.91. The second-order valence-electron chi connectivity index (χ2n) is 8.06. The third-order valence-corrected chi connectivity index (χ3v) is 6.21. The highest BCUT2D eigenvalue weighted by molar-refractivity contribution is 6.31. The van der Waals surface area contributed by atoms with Gasteiger partial charge in [0.2, 0.25) is 0 Å². The molecule has 2 aromatic carbocycles. The van der Waals surface area contributed by atoms with Gasteiger partial charge in [-0.2, -0.15) is 18.3 Å². The minimum atomic E-state index is -4.60. The van der Waals surface area contributed by atoms with Crippen LogP contribution in [-0.2, 0) is 19.0 Å². The summed E-state index contributed by atoms with van der Waals surface area (Å²) in [6, 6.07) is 8.75. The fraction of sp³-hybridized carbons (Fsp3) is 0.217. The van der Waals surface area contributed by atoms with Crippen molar-refractivity contribution in [3.05, 3.63) is 70.6 Å². The van der Waals surface area contributed by atoms with Crippen molar-refractivity contribution in [1.82, 2.24) is 20.5 Å². The Bertz CT molecular complexity index is 1330. The van der Waals surface area contributed by atoms with Gasteiger partial charge in [0.25, 0.3) is 0 Å². The first-order chi connectivity index (χ1) is 15.8. The lowest BCUT2D eigenvalue weighted by Gasteiger charge is -2.24. The summed E-state index contributed by atoms with van der Waals surface area (Å²) in [5.41, 5.74) is 4.36. The molecule has 1 unspecified atom stereocenters. The van der Waals surface area contributed by atoms with Crippen LogP contribution in [0.25, 0.3) is 22.0 Å². The molecule has 0 saturated heterocycles. The van der Waals surface area contributed by atoms with Gasteiger partial charge in [-0.3, -0.25) is 5.10 Å². The molecule has 2 aromatic heterocycles. The number of anilines is 1. The van der Waals surface area contributed by atoms with Gasteiger partial charge in [0.05, 0.1) is 16.8 Å². The Hall–Kier alpha value is -3.46. The number of carbonyl (C=O) groups is 1. The van der Waals surface area contributed by atoms with Gasteiger partial charge in [-0.15, -0.1) is 0 Å². The van der Waals surface area contributed by atoms with Crippen LogP contribution in [-0.4, -0.2) is 27.3 Å². The Balaban J connectivity index is 1.32. The van der Waals surface area contributed by atoms with Crippen molar-refractivity contribution in [1.29, 1.82) is 0 Å². The van der Waals surface area contributed by atoms with E-state index in [4.69, 9.17) is 11.6 Å². The molecule has 0 radical (unpaired) electrons. The quantitative estimate of drug-likeness (QED) is 0.298. The van der Waals surface area contributed by atoms with Crippen molar-refractivity contribution in [2.45, 2.75) is 31.5 Å². The van der Waals surface area contributed by atoms with Crippen LogP contribution in [0.5, 0.6) is 0 Å². The van der Waals surface area contributed by atoms with E-state index < -0.39 is 22.8 Å². The number of rotatable bonds is 3. The van der Waals surface area contributed by atoms with Gasteiger partial charge < -0.3 is 15.6 Å². The largest absolute Gasteiger partial charge is 0.417 e. The Morgan fingerprint density at radius 1 is 1.15 bits per heavy atom. The molecule has 0 aliphatic heterocycles. The lowest BCUT2D eigenvalue weighted by molar-refractivity contribution is -0.137. The number of fused-ring (bicyclic) bond motifs is 3. The number of hydrogen-bond acceptors (Lipinski definition) is 2. The van der Waals surface area contributed by atoms with E-state index in [-0.39, 0.29) is 11.7 Å². The molecular formula is C23H19ClF3N5O. The molecule has 6 nitrogen and oxygen atoms in total. The number of alkyl halides is 3. The van der Waals surface area contributed by atoms with Crippen molar-refractivity contribution in [3.63, 3.8) is 0 Å². The maximum atomic E-state index is 13.1. The predicted octanol–water partition coefficient (Wildman–Crippen LogP) is 5.91. The molecule has 4 N–H and O–H groups in total. The summed E-state index contributed by atoms with van der Waals surface area (Å²) in [4.78, 5) is 16.0. The first-order valence-electron chi connectivity index (χ1n) is 10.3. The third-order valence-electron chi connectivity index (χ3n) is 5.88. The number of benzene rings is 2. The third kappa shape index (κ3) is 4.28. The highest BCUT2D eigenvalue weighted by Gasteiger charge is 2.33. The molecule has 0 saturated carbocycles. The molecule has 0 bridgehead atoms. The highest BCUT2D eigenvalue weighted by Crippen LogP contribution is 2.36. The van der Waals surface area contributed by atoms with E-state index in [1.807, 2.05) is 18.3 Å². The van der Waals surface area contributed by atoms with Crippen LogP contribution in [0.2, 0.25) is 5.02 Å². The number of carbonyl (C=O) groups excluding carboxylic acids is 1. The fourth-order valence-electron chi connectivity index (χ4n) is 4.30. The Morgan fingerprint density at radius 2 is 2.00 bits per heavy atom. The first-order valence-corrected chi connectivity index (χ1v) is 10.7. The minimum Gasteiger partial charge on any atom is -0.358 e. The number of amides is 2. The number of aromatic amines is 2. The van der Waals surface area contributed by atoms with Crippen molar-refractivity contribution < 1.29 is 18.0 Å². The molecular weight excluding hydrogens is 455 g/mol. The molecule has 33 heavy (non-hydrogen) atoms. The predicted molar refractivity (Wildman–Crippen MR) is 120 cm³/mol. The Kier molecular flexibility index (Phi) is 5.28. The summed E-state index contributed by atoms with van der Waals surface area (Å²) in [5, 5.41) is 12.9. The van der Waals surface area contributed by atoms with Gasteiger partial charge in [-0.25, -0.2) is 4.79 Å². The Morgan fingerprint density at radius 3 is 2.76 bits per heavy atom. The molecule has 1 atom stereocenters. The number of hydrogen-bond donors (Lipinski definition) is 4. The molecule has 0 fully saturated rings. The van der Waals surface area contributed by atoms with E-state index in [1.54, 1.807) is 6.20 Å². The maximum absolute atomic E-state index is 13.1. The summed E-state index contributed by atoms with van der Waals surface area (Å²) < 4.78 is 39.2. The normalized spacial score (nSPS) is 15.9. The summed E-state index contributed by atoms with van der Waals surface area (Å²) in [5.74, 6) is 0. The van der Waals surface area contributed by atoms with E-state index in [1.165, 1.54) is 6.07 Å². The molecule has 170 valence electrons. The topological polar surface area (TPSA) is 85.6 Å². The molecule has 4 aromatic rings. The summed E-state index contributed by atoms with van der Waals surface area (Å²) in [6.07, 6.45) is 1.08. The lowest BCUT2D eigenvalue weighted by Crippen LogP contribution is -2.41. The van der Waals surface area contributed by atoms with Crippen LogP contribution in [0.3, 0.4) is 0 Å². The van der Waals surface area contributed by atoms with E-state index in [0.29, 0.717) is 6.42 Å². The fourth-order valence-corrected chi connectivity index (χ4v) is 4.53. The minimum absolute atomic E-state index is 0.0255. The molecule has 1 aliphatic rings. The monoisotopic (exact) mass is 473 g/mol. The summed E-state index contributed by atoms with van der Waals surface area (Å²) in [6.45, 7) is 0. The van der Waals surface area contributed by atoms with Crippen molar-refractivity contribution in [3.8, 4) is 11.1 Å². The zero-order valence-electron chi connectivity index (χ0n) is 17.2. The summed E-state index contributed by atoms with van der Waals surface area (Å²) in [7, 11) is 0. The first kappa shape index (κ1) is 21.4. The zero-order chi connectivity index (χ0) is 23.2. The van der Waals surface area contributed by atoms with Crippen LogP contribution in [0.1, 0.15) is 23.2 Å². The van der Waals surface area contributed by atoms with E-state index in [0.717, 1.165) is 58.3 Å². The smallest absolute Gasteiger partial charge is 0.358 e. The number of aryl methyl sites for hydroxylation is 1. The summed E-state index contributed by atoms with van der Waals surface area (Å²) >= 11 is 5.65. The average Bonchev–Trinajstić information content (AvgIpc) is 3.42. The van der Waals surface area contributed by atoms with Crippen LogP contribution in [0, 0.1) is 0 Å². The van der Waals surface area contributed by atoms with Crippen molar-refractivity contribution in [2.24, 2.45) is 0 Å². The van der Waals surface area contributed by atoms with Gasteiger partial charge in [0.1, 0.15) is 0 Å². The number of urea groups is 1. The second kappa shape index (κ2) is 8.15. The molecule has 5 rings (SSSR count). The molecule has 2 heterocycles. The number of nitrogens with zero attached hydrogens (tertiary/aromatic N) is 1. The molecule has 1 aliphatic carbocycles. The van der Waals surface area contributed by atoms with E-state index in [9.17, 15) is 18.0 Å². The van der Waals surface area contributed by atoms with Crippen LogP contribution >= 0.6 is 11.6 Å². The standard InChI is InChI=1S/C23H19ClF3N5O/c24-19-4-2-15(9-18(19)23(25,26)27)31-22(33)30-14-3-6-21-17(8-14)16-7-12(1-5-20(16)32-21)13-10-28-29-11-13/h1-2,4-5,7,9-11,14,32H,3,6,8H2,(H,28,29)(H2,30,31,33). The zero-order valence-corrected chi connectivity index (χ0v) is 17.9. The van der Waals surface area contributed by atoms with Gasteiger partial charge in [0, 0.05) is 40.1 Å². The van der Waals surface area contributed by atoms with Crippen LogP contribution in [0.15, 0.2) is 48.8 Å². The number of halogens is 4. The number of H-pyrrole nitrogens is 2. The highest BCUT2D eigenvalue weighted by atomic mass is 35.5. The Labute approximate surface area is 191 Å². The van der Waals surface area contributed by atoms with E-state index in [2.05, 4.69) is 31.9 Å². The molecule has 2 amide bonds. The van der Waals surface area contributed by atoms with Crippen molar-refractivity contribution >= 4 is 34.2 Å². The van der Waals surface area contributed by atoms with Gasteiger partial charge >= 0.3 is 12.2 Å². The van der Waals surface area contributed by atoms with Crippen molar-refractivity contribution in [2.75, 3.05) is 5.32 Å². The van der Waals surface area contributed by atoms with Crippen LogP contribution < -0.4 is 10.6 Å². The second-order valence-corrected chi connectivity index (χ2v) is 8.47. The number of nitrogens with one attached hydrogen (secondary N) is 4. The SMILES string of the molecule is O=C(Nc1ccc(Cl)c(C(F)(F)F)c1)NC1CCc2[nH]c3ccc(-c4cn[nH]c4)cc3c2C1. The van der Waals surface area contributed by atoms with Gasteiger partial charge in [-0.05, 0) is 60.7 Å². The van der Waals surface area contributed by atoms with Gasteiger partial charge in [0.15, 0.2) is 0 Å². The molecule has 10 heteroatoms. The average molecular weight is 474 g/mol. The van der Waals surface area contributed by atoms with Crippen LogP contribution in [0.4, 0.5) is 23.7 Å². The maximum Gasteiger partial charge on any atom is 0.417 e. The molecule has 0 spiro atoms. The van der Waals surface area contributed by atoms with Gasteiger partial charge in [-0.1, -0.05) is 17.7 Å².